The SMILES string of the molecule is CC(C)C[C@H](NC(=O)[C@H](CCCNC(=N)N)NC(=O)[C@H](Cc1c[nH]c2ccccc12)NC(=O)[C@H](CCCNC(=N)N)NC(=O)[C@@H](NC(=O)[C@H](CCCCN)NC(=O)[C@H](Cc1c[nH]c2ccccc12)NC(=O)[C@H](CCCNC(=N)N)NC(=O)[C@H](CC(C)C)NC(=O)[C@H](Cc1c[nH]c2ccccc12)NC(=O)[C@@H](N)CCCNC(=N)N)[C@@H](C)O)C(=O)N[C@@H](CCCCN)C(N)=O. The quantitative estimate of drug-likeness (QED) is 0.0103. The van der Waals surface area contributed by atoms with Gasteiger partial charge in [0.25, 0.3) is 0 Å². The molecule has 0 aliphatic heterocycles. The van der Waals surface area contributed by atoms with Gasteiger partial charge in [0.15, 0.2) is 23.8 Å². The standard InChI is InChI=1S/C85H134N30O13/c1-46(2)38-64(76(123)105-59(70(89)117)27-12-14-32-86)111-72(119)61(29-17-35-99-83(92)93)108-79(126)68(42-51-45-104-58-26-11-8-22-54(51)58)114-74(121)63(31-19-37-101-85(96)97)109-81(128)69(48(5)116)115-75(122)60(28-13-15-33-87)106-78(125)67(41-50-44-103-57-25-10-7-21-53(50)57)113-73(120)62(30-18-36-100-84(94)95)107-77(124)65(39-47(3)4)112-80(127)66(40-49-43-102-56-24-9-6-20-52(49)56)110-71(118)55(88)23-16-34-98-82(90)91/h6-11,20-22,24-26,43-48,55,59-69,102-104,116H,12-19,23,27-42,86-88H2,1-5H3,(H2,89,117)(H,105,123)(H,106,125)(H,107,124)(H,108,126)(H,109,128)(H,110,118)(H,111,119)(H,112,127)(H,113,120)(H,114,121)(H,115,122)(H4,90,91,98)(H4,92,93,99)(H4,94,95,100)(H4,96,97,101)/t48-,55+,59+,60+,61+,62+,63+,64+,65+,66+,67+,68+,69+/m1/s1. The van der Waals surface area contributed by atoms with Crippen molar-refractivity contribution in [2.75, 3.05) is 39.3 Å². The summed E-state index contributed by atoms with van der Waals surface area (Å²) in [7, 11) is 0. The van der Waals surface area contributed by atoms with Crippen LogP contribution in [0, 0.1) is 33.5 Å². The van der Waals surface area contributed by atoms with E-state index in [1.807, 2.05) is 24.3 Å². The van der Waals surface area contributed by atoms with Crippen molar-refractivity contribution < 1.29 is 62.6 Å². The number of primary amides is 1. The van der Waals surface area contributed by atoms with Crippen LogP contribution in [0.4, 0.5) is 0 Å². The molecule has 6 aromatic rings. The van der Waals surface area contributed by atoms with Crippen molar-refractivity contribution in [2.45, 2.75) is 235 Å². The van der Waals surface area contributed by atoms with Crippen molar-refractivity contribution in [2.24, 2.45) is 57.7 Å². The Kier molecular flexibility index (Phi) is 43.2. The van der Waals surface area contributed by atoms with Crippen molar-refractivity contribution in [3.8, 4) is 0 Å². The van der Waals surface area contributed by atoms with Crippen LogP contribution >= 0.6 is 0 Å². The first-order valence-electron chi connectivity index (χ1n) is 43.4. The number of carbonyl (C=O) groups excluding carboxylic acids is 12. The summed E-state index contributed by atoms with van der Waals surface area (Å²) in [5, 5.41) is 85.3. The number of aliphatic hydroxyl groups is 1. The number of aromatic amines is 3. The molecule has 0 unspecified atom stereocenters. The van der Waals surface area contributed by atoms with E-state index in [9.17, 15) is 29.1 Å². The number of para-hydroxylation sites is 3. The van der Waals surface area contributed by atoms with E-state index >= 15 is 33.6 Å². The van der Waals surface area contributed by atoms with Crippen molar-refractivity contribution in [1.29, 1.82) is 21.6 Å². The Hall–Kier alpha value is -13.2. The van der Waals surface area contributed by atoms with Crippen LogP contribution in [0.25, 0.3) is 32.7 Å². The summed E-state index contributed by atoms with van der Waals surface area (Å²) in [6.07, 6.45) is 4.46. The summed E-state index contributed by atoms with van der Waals surface area (Å²) in [5.41, 5.74) is 49.8. The molecule has 13 atom stereocenters. The van der Waals surface area contributed by atoms with Gasteiger partial charge in [-0.25, -0.2) is 0 Å². The maximum Gasteiger partial charge on any atom is 0.245 e. The van der Waals surface area contributed by atoms with E-state index in [0.29, 0.717) is 70.7 Å². The highest BCUT2D eigenvalue weighted by atomic mass is 16.3. The number of guanidine groups is 4. The fraction of sp³-hybridized carbons (Fsp3) is 0.529. The largest absolute Gasteiger partial charge is 0.391 e. The van der Waals surface area contributed by atoms with Gasteiger partial charge in [-0.2, -0.15) is 0 Å². The van der Waals surface area contributed by atoms with Crippen molar-refractivity contribution >= 4 is 127 Å². The number of aromatic nitrogens is 3. The van der Waals surface area contributed by atoms with Crippen molar-refractivity contribution in [3.05, 3.63) is 108 Å². The molecule has 3 aromatic carbocycles. The Balaban J connectivity index is 1.31. The fourth-order valence-corrected chi connectivity index (χ4v) is 14.6. The number of hydrogen-bond acceptors (Lipinski definition) is 20. The molecule has 6 rings (SSSR count). The van der Waals surface area contributed by atoms with Crippen molar-refractivity contribution in [3.63, 3.8) is 0 Å². The maximum atomic E-state index is 15.4. The number of nitrogens with two attached hydrogens (primary N) is 8. The molecule has 12 amide bonds. The van der Waals surface area contributed by atoms with Crippen LogP contribution in [-0.4, -0.2) is 233 Å². The van der Waals surface area contributed by atoms with Crippen LogP contribution in [0.2, 0.25) is 0 Å². The Morgan fingerprint density at radius 3 is 0.898 bits per heavy atom. The molecule has 0 spiro atoms. The van der Waals surface area contributed by atoms with E-state index in [1.54, 1.807) is 94.8 Å². The zero-order valence-electron chi connectivity index (χ0n) is 73.5. The minimum Gasteiger partial charge on any atom is -0.391 e. The van der Waals surface area contributed by atoms with E-state index in [0.717, 1.165) is 10.9 Å². The minimum atomic E-state index is -1.91. The van der Waals surface area contributed by atoms with E-state index in [4.69, 9.17) is 67.5 Å². The van der Waals surface area contributed by atoms with Gasteiger partial charge in [0.1, 0.15) is 66.5 Å². The highest BCUT2D eigenvalue weighted by Crippen LogP contribution is 2.24. The number of H-pyrrole nitrogens is 3. The molecular formula is C85H134N30O13. The first kappa shape index (κ1) is 104. The smallest absolute Gasteiger partial charge is 0.245 e. The molecule has 0 radical (unpaired) electrons. The summed E-state index contributed by atoms with van der Waals surface area (Å²) in [4.78, 5) is 186. The van der Waals surface area contributed by atoms with E-state index < -0.39 is 155 Å². The molecule has 39 N–H and O–H groups in total. The third-order valence-electron chi connectivity index (χ3n) is 21.3. The summed E-state index contributed by atoms with van der Waals surface area (Å²) in [6, 6.07) is 4.21. The number of aliphatic hydroxyl groups excluding tert-OH is 1. The molecule has 0 saturated heterocycles. The predicted octanol–water partition coefficient (Wildman–Crippen LogP) is -2.91. The summed E-state index contributed by atoms with van der Waals surface area (Å²) >= 11 is 0. The van der Waals surface area contributed by atoms with Crippen LogP contribution in [-0.2, 0) is 76.8 Å². The third-order valence-corrected chi connectivity index (χ3v) is 21.3. The molecule has 0 fully saturated rings. The Labute approximate surface area is 743 Å². The Morgan fingerprint density at radius 2 is 0.586 bits per heavy atom. The molecule has 0 bridgehead atoms. The molecule has 43 heteroatoms. The van der Waals surface area contributed by atoms with Gasteiger partial charge in [0, 0.05) is 96.7 Å². The lowest BCUT2D eigenvalue weighted by Crippen LogP contribution is -2.62. The molecule has 3 aromatic heterocycles. The second-order valence-corrected chi connectivity index (χ2v) is 32.8. The number of benzene rings is 3. The zero-order chi connectivity index (χ0) is 94.1. The van der Waals surface area contributed by atoms with Gasteiger partial charge in [0.05, 0.1) is 12.1 Å². The number of nitrogens with one attached hydrogen (secondary N) is 22. The molecular weight excluding hydrogens is 1650 g/mol. The molecule has 3 heterocycles. The van der Waals surface area contributed by atoms with E-state index in [1.165, 1.54) is 6.92 Å². The number of rotatable bonds is 58. The second-order valence-electron chi connectivity index (χ2n) is 32.8. The van der Waals surface area contributed by atoms with Crippen LogP contribution in [0.1, 0.15) is 154 Å². The van der Waals surface area contributed by atoms with Crippen LogP contribution in [0.5, 0.6) is 0 Å². The van der Waals surface area contributed by atoms with Crippen molar-refractivity contribution in [1.82, 2.24) is 94.7 Å². The van der Waals surface area contributed by atoms with Gasteiger partial charge < -0.3 is 146 Å². The van der Waals surface area contributed by atoms with Gasteiger partial charge in [-0.3, -0.25) is 79.2 Å². The zero-order valence-corrected chi connectivity index (χ0v) is 73.5. The topological polar surface area (TPSA) is 756 Å². The average molecular weight is 1780 g/mol. The number of unbranched alkanes of at least 4 members (excludes halogenated alkanes) is 2. The van der Waals surface area contributed by atoms with Gasteiger partial charge in [-0.15, -0.1) is 0 Å². The Morgan fingerprint density at radius 1 is 0.328 bits per heavy atom. The highest BCUT2D eigenvalue weighted by Gasteiger charge is 2.39. The Bertz CT molecular complexity index is 4720. The monoisotopic (exact) mass is 1780 g/mol. The number of carbonyl (C=O) groups is 12. The molecule has 0 aliphatic rings. The van der Waals surface area contributed by atoms with Gasteiger partial charge in [-0.05, 0) is 169 Å². The molecule has 0 saturated carbocycles. The normalized spacial score (nSPS) is 14.4. The molecule has 43 nitrogen and oxygen atoms in total. The number of amides is 12. The lowest BCUT2D eigenvalue weighted by molar-refractivity contribution is -0.137. The molecule has 128 heavy (non-hydrogen) atoms. The lowest BCUT2D eigenvalue weighted by Gasteiger charge is -2.29. The van der Waals surface area contributed by atoms with Gasteiger partial charge >= 0.3 is 0 Å². The highest BCUT2D eigenvalue weighted by molar-refractivity contribution is 6.01. The lowest BCUT2D eigenvalue weighted by atomic mass is 9.99. The third kappa shape index (κ3) is 35.0. The molecule has 702 valence electrons. The number of fused-ring (bicyclic) bond motifs is 3. The maximum absolute atomic E-state index is 15.4. The predicted molar refractivity (Wildman–Crippen MR) is 487 cm³/mol. The number of hydrogen-bond donors (Lipinski definition) is 31. The summed E-state index contributed by atoms with van der Waals surface area (Å²) in [6.45, 7) is 9.19. The average Bonchev–Trinajstić information content (AvgIpc) is 1.64. The van der Waals surface area contributed by atoms with Crippen LogP contribution < -0.4 is 126 Å². The summed E-state index contributed by atoms with van der Waals surface area (Å²) < 4.78 is 0. The van der Waals surface area contributed by atoms with E-state index in [2.05, 4.69) is 94.7 Å². The van der Waals surface area contributed by atoms with Crippen LogP contribution in [0.15, 0.2) is 91.4 Å². The minimum absolute atomic E-state index is 0.0112. The van der Waals surface area contributed by atoms with Gasteiger partial charge in [0.2, 0.25) is 70.9 Å². The van der Waals surface area contributed by atoms with E-state index in [-0.39, 0.29) is 159 Å². The first-order valence-corrected chi connectivity index (χ1v) is 43.4. The molecule has 0 aliphatic carbocycles. The first-order chi connectivity index (χ1) is 61.0. The van der Waals surface area contributed by atoms with Crippen LogP contribution in [0.3, 0.4) is 0 Å². The second kappa shape index (κ2) is 53.3. The van der Waals surface area contributed by atoms with Gasteiger partial charge in [-0.1, -0.05) is 82.3 Å². The fourth-order valence-electron chi connectivity index (χ4n) is 14.6. The summed E-state index contributed by atoms with van der Waals surface area (Å²) in [5.74, 6) is -12.5.